The second-order valence-corrected chi connectivity index (χ2v) is 16.6. The van der Waals surface area contributed by atoms with Gasteiger partial charge in [-0.3, -0.25) is 0 Å². The normalized spacial score (nSPS) is 30.1. The highest BCUT2D eigenvalue weighted by Crippen LogP contribution is 2.49. The molecule has 1 aromatic carbocycles. The Morgan fingerprint density at radius 2 is 1.27 bits per heavy atom. The summed E-state index contributed by atoms with van der Waals surface area (Å²) in [6, 6.07) is 10.2. The first-order valence-electron chi connectivity index (χ1n) is 19.5. The summed E-state index contributed by atoms with van der Waals surface area (Å²) in [6.07, 6.45) is 14.0. The summed E-state index contributed by atoms with van der Waals surface area (Å²) in [5, 5.41) is 22.5. The molecule has 2 aliphatic carbocycles. The second-order valence-electron chi connectivity index (χ2n) is 16.6. The fraction of sp³-hybridized carbons (Fsp3) is 0.727. The van der Waals surface area contributed by atoms with E-state index in [9.17, 15) is 10.2 Å². The molecule has 0 radical (unpaired) electrons. The van der Waals surface area contributed by atoms with Crippen molar-refractivity contribution in [2.45, 2.75) is 161 Å². The minimum atomic E-state index is -0.693. The molecule has 0 unspecified atom stereocenters. The highest BCUT2D eigenvalue weighted by molar-refractivity contribution is 5.13. The van der Waals surface area contributed by atoms with E-state index >= 15 is 0 Å². The van der Waals surface area contributed by atoms with Gasteiger partial charge in [0.2, 0.25) is 0 Å². The fourth-order valence-corrected chi connectivity index (χ4v) is 9.46. The molecule has 2 N–H and O–H groups in total. The molecule has 5 nitrogen and oxygen atoms in total. The Bertz CT molecular complexity index is 1100. The lowest BCUT2D eigenvalue weighted by molar-refractivity contribution is -0.203. The van der Waals surface area contributed by atoms with Crippen molar-refractivity contribution in [3.63, 3.8) is 0 Å². The van der Waals surface area contributed by atoms with Gasteiger partial charge in [0.25, 0.3) is 0 Å². The minimum Gasteiger partial charge on any atom is -0.393 e. The lowest BCUT2D eigenvalue weighted by Gasteiger charge is -2.51. The van der Waals surface area contributed by atoms with Gasteiger partial charge < -0.3 is 24.4 Å². The minimum absolute atomic E-state index is 0.267. The van der Waals surface area contributed by atoms with Crippen molar-refractivity contribution in [1.29, 1.82) is 0 Å². The topological polar surface area (TPSA) is 68.2 Å². The first-order chi connectivity index (χ1) is 23.4. The highest BCUT2D eigenvalue weighted by atomic mass is 16.5. The number of aliphatic hydroxyl groups excluding tert-OH is 2. The molecule has 278 valence electrons. The quantitative estimate of drug-likeness (QED) is 0.0943. The van der Waals surface area contributed by atoms with E-state index in [0.717, 1.165) is 44.1 Å². The van der Waals surface area contributed by atoms with Crippen LogP contribution in [0.2, 0.25) is 0 Å². The third kappa shape index (κ3) is 12.5. The molecule has 0 spiro atoms. The van der Waals surface area contributed by atoms with Crippen molar-refractivity contribution < 1.29 is 24.4 Å². The summed E-state index contributed by atoms with van der Waals surface area (Å²) in [7, 11) is 0. The van der Waals surface area contributed by atoms with Crippen LogP contribution in [0, 0.1) is 35.5 Å². The summed E-state index contributed by atoms with van der Waals surface area (Å²) in [4.78, 5) is 0. The Morgan fingerprint density at radius 3 is 1.73 bits per heavy atom. The van der Waals surface area contributed by atoms with Crippen molar-refractivity contribution in [3.05, 3.63) is 73.9 Å². The van der Waals surface area contributed by atoms with Crippen molar-refractivity contribution in [1.82, 2.24) is 0 Å². The molecule has 0 aromatic heterocycles. The summed E-state index contributed by atoms with van der Waals surface area (Å²) in [6.45, 7) is 27.2. The van der Waals surface area contributed by atoms with Crippen LogP contribution in [0.1, 0.15) is 124 Å². The van der Waals surface area contributed by atoms with Crippen LogP contribution in [0.4, 0.5) is 0 Å². The molecule has 0 bridgehead atoms. The number of aliphatic hydroxyl groups is 2. The third-order valence-corrected chi connectivity index (χ3v) is 11.6. The van der Waals surface area contributed by atoms with E-state index in [4.69, 9.17) is 14.2 Å². The van der Waals surface area contributed by atoms with E-state index in [-0.39, 0.29) is 23.4 Å². The van der Waals surface area contributed by atoms with E-state index in [0.29, 0.717) is 74.4 Å². The van der Waals surface area contributed by atoms with Crippen LogP contribution >= 0.6 is 0 Å². The van der Waals surface area contributed by atoms with Crippen molar-refractivity contribution in [2.24, 2.45) is 35.5 Å². The van der Waals surface area contributed by atoms with Gasteiger partial charge in [0, 0.05) is 19.4 Å². The zero-order valence-electron chi connectivity index (χ0n) is 32.0. The molecule has 0 amide bonds. The molecule has 5 heteroatoms. The number of rotatable bonds is 22. The van der Waals surface area contributed by atoms with Gasteiger partial charge in [0.15, 0.2) is 0 Å². The van der Waals surface area contributed by atoms with Crippen molar-refractivity contribution in [2.75, 3.05) is 6.61 Å². The first kappa shape index (κ1) is 41.7. The van der Waals surface area contributed by atoms with E-state index in [1.165, 1.54) is 12.8 Å². The van der Waals surface area contributed by atoms with Crippen molar-refractivity contribution >= 4 is 0 Å². The Hall–Kier alpha value is -1.76. The van der Waals surface area contributed by atoms with Gasteiger partial charge in [-0.2, -0.15) is 0 Å². The van der Waals surface area contributed by atoms with Crippen LogP contribution < -0.4 is 0 Å². The summed E-state index contributed by atoms with van der Waals surface area (Å²) in [5.41, 5.74) is 0.412. The monoisotopic (exact) mass is 681 g/mol. The Kier molecular flexibility index (Phi) is 17.3. The molecule has 10 atom stereocenters. The molecule has 0 aliphatic heterocycles. The van der Waals surface area contributed by atoms with Gasteiger partial charge in [0.1, 0.15) is 0 Å². The SMILES string of the molecule is C=CC[C@]1(O[C@H](C[C@H](C[C@@H](O)CCOCc2ccccc2)O[C@@]2(CC=C)C[C@H](C)CC[C@H]2C(C)C)C[C@@H](O)C=C)C[C@H](C)CC[C@H]1C(C)C. The number of ether oxygens (including phenoxy) is 3. The van der Waals surface area contributed by atoms with Gasteiger partial charge in [-0.15, -0.1) is 19.7 Å². The standard InChI is InChI=1S/C44H72O5/c1-10-23-43(29-34(8)18-20-41(43)32(4)5)48-39(26-37(45)12-3)28-40(27-38(46)22-25-47-31-36-16-14-13-15-17-36)49-44(24-11-2)30-35(9)19-21-42(44)33(6)7/h10-17,32-35,37-42,45-46H,1-3,18-31H2,4-9H3/t34-,35-,37+,38+,39+,40+,41+,42+,43+,44+/m1/s1. The number of hydrogen-bond acceptors (Lipinski definition) is 5. The van der Waals surface area contributed by atoms with Gasteiger partial charge in [-0.1, -0.05) is 103 Å². The molecular weight excluding hydrogens is 608 g/mol. The van der Waals surface area contributed by atoms with E-state index < -0.39 is 12.2 Å². The molecule has 2 aliphatic rings. The maximum absolute atomic E-state index is 11.5. The maximum Gasteiger partial charge on any atom is 0.0753 e. The largest absolute Gasteiger partial charge is 0.393 e. The lowest BCUT2D eigenvalue weighted by atomic mass is 9.65. The Labute approximate surface area is 300 Å². The van der Waals surface area contributed by atoms with Crippen LogP contribution in [-0.4, -0.2) is 52.4 Å². The van der Waals surface area contributed by atoms with Crippen LogP contribution in [0.5, 0.6) is 0 Å². The molecule has 1 aromatic rings. The average molecular weight is 681 g/mol. The Balaban J connectivity index is 1.93. The van der Waals surface area contributed by atoms with E-state index in [1.54, 1.807) is 6.08 Å². The van der Waals surface area contributed by atoms with E-state index in [1.807, 2.05) is 30.4 Å². The predicted molar refractivity (Wildman–Crippen MR) is 204 cm³/mol. The van der Waals surface area contributed by atoms with Gasteiger partial charge >= 0.3 is 0 Å². The van der Waals surface area contributed by atoms with Crippen LogP contribution in [0.25, 0.3) is 0 Å². The molecule has 0 saturated heterocycles. The number of benzene rings is 1. The van der Waals surface area contributed by atoms with Crippen molar-refractivity contribution in [3.8, 4) is 0 Å². The van der Waals surface area contributed by atoms with Crippen LogP contribution in [0.15, 0.2) is 68.3 Å². The third-order valence-electron chi connectivity index (χ3n) is 11.6. The first-order valence-corrected chi connectivity index (χ1v) is 19.5. The van der Waals surface area contributed by atoms with Crippen LogP contribution in [-0.2, 0) is 20.8 Å². The molecule has 3 rings (SSSR count). The lowest BCUT2D eigenvalue weighted by Crippen LogP contribution is -2.52. The highest BCUT2D eigenvalue weighted by Gasteiger charge is 2.48. The van der Waals surface area contributed by atoms with E-state index in [2.05, 4.69) is 73.4 Å². The predicted octanol–water partition coefficient (Wildman–Crippen LogP) is 10.3. The maximum atomic E-state index is 11.5. The van der Waals surface area contributed by atoms with Gasteiger partial charge in [0.05, 0.1) is 42.2 Å². The molecule has 2 saturated carbocycles. The zero-order valence-corrected chi connectivity index (χ0v) is 32.0. The average Bonchev–Trinajstić information content (AvgIpc) is 3.03. The van der Waals surface area contributed by atoms with Crippen LogP contribution in [0.3, 0.4) is 0 Å². The zero-order chi connectivity index (χ0) is 36.0. The number of hydrogen-bond donors (Lipinski definition) is 2. The summed E-state index contributed by atoms with van der Waals surface area (Å²) >= 11 is 0. The van der Waals surface area contributed by atoms with Gasteiger partial charge in [-0.25, -0.2) is 0 Å². The molecule has 49 heavy (non-hydrogen) atoms. The smallest absolute Gasteiger partial charge is 0.0753 e. The van der Waals surface area contributed by atoms with Gasteiger partial charge in [-0.05, 0) is 92.4 Å². The second kappa shape index (κ2) is 20.3. The molecule has 2 fully saturated rings. The summed E-state index contributed by atoms with van der Waals surface area (Å²) < 4.78 is 20.8. The molecular formula is C44H72O5. The molecule has 0 heterocycles. The fourth-order valence-electron chi connectivity index (χ4n) is 9.46. The summed E-state index contributed by atoms with van der Waals surface area (Å²) in [5.74, 6) is 2.82. The Morgan fingerprint density at radius 1 is 0.755 bits per heavy atom.